The van der Waals surface area contributed by atoms with Crippen LogP contribution in [-0.2, 0) is 11.8 Å². The number of aryl methyl sites for hydroxylation is 2. The van der Waals surface area contributed by atoms with Crippen molar-refractivity contribution in [3.8, 4) is 0 Å². The highest BCUT2D eigenvalue weighted by Crippen LogP contribution is 2.27. The fourth-order valence-corrected chi connectivity index (χ4v) is 3.58. The SMILES string of the molecule is Cc1nn(C)c2sc(C(=O)NCCCCCCCC(=O)O)cc12. The molecule has 0 aliphatic rings. The molecule has 0 aliphatic carbocycles. The minimum atomic E-state index is -0.731. The number of carboxylic acid groups (broad SMARTS) is 1. The van der Waals surface area contributed by atoms with Crippen molar-refractivity contribution < 1.29 is 14.7 Å². The summed E-state index contributed by atoms with van der Waals surface area (Å²) in [6, 6.07) is 1.91. The van der Waals surface area contributed by atoms with Crippen LogP contribution < -0.4 is 5.32 Å². The van der Waals surface area contributed by atoms with E-state index >= 15 is 0 Å². The van der Waals surface area contributed by atoms with Crippen LogP contribution in [0, 0.1) is 6.92 Å². The smallest absolute Gasteiger partial charge is 0.303 e. The summed E-state index contributed by atoms with van der Waals surface area (Å²) in [7, 11) is 1.89. The minimum absolute atomic E-state index is 0.0310. The Morgan fingerprint density at radius 3 is 2.65 bits per heavy atom. The van der Waals surface area contributed by atoms with Crippen LogP contribution in [0.1, 0.15) is 53.9 Å². The molecule has 2 heterocycles. The second-order valence-corrected chi connectivity index (χ2v) is 6.74. The molecule has 6 nitrogen and oxygen atoms in total. The molecule has 126 valence electrons. The highest BCUT2D eigenvalue weighted by atomic mass is 32.1. The fourth-order valence-electron chi connectivity index (χ4n) is 2.54. The molecule has 0 aromatic carbocycles. The zero-order chi connectivity index (χ0) is 16.8. The van der Waals surface area contributed by atoms with Crippen molar-refractivity contribution in [2.75, 3.05) is 6.54 Å². The molecular weight excluding hydrogens is 314 g/mol. The second-order valence-electron chi connectivity index (χ2n) is 5.71. The summed E-state index contributed by atoms with van der Waals surface area (Å²) in [5.41, 5.74) is 0.944. The molecule has 2 aromatic rings. The zero-order valence-electron chi connectivity index (χ0n) is 13.6. The molecule has 0 saturated carbocycles. The van der Waals surface area contributed by atoms with Crippen molar-refractivity contribution in [3.05, 3.63) is 16.6 Å². The number of amides is 1. The van der Waals surface area contributed by atoms with Gasteiger partial charge in [0.05, 0.1) is 10.6 Å². The normalized spacial score (nSPS) is 11.0. The number of aliphatic carboxylic acids is 1. The molecule has 0 radical (unpaired) electrons. The molecule has 0 spiro atoms. The summed E-state index contributed by atoms with van der Waals surface area (Å²) in [6.45, 7) is 2.60. The van der Waals surface area contributed by atoms with E-state index in [-0.39, 0.29) is 12.3 Å². The monoisotopic (exact) mass is 337 g/mol. The maximum atomic E-state index is 12.1. The first-order valence-corrected chi connectivity index (χ1v) is 8.74. The third kappa shape index (κ3) is 4.79. The van der Waals surface area contributed by atoms with Gasteiger partial charge >= 0.3 is 5.97 Å². The molecule has 23 heavy (non-hydrogen) atoms. The van der Waals surface area contributed by atoms with Crippen molar-refractivity contribution in [3.63, 3.8) is 0 Å². The zero-order valence-corrected chi connectivity index (χ0v) is 14.4. The second kappa shape index (κ2) is 8.10. The Hall–Kier alpha value is -1.89. The van der Waals surface area contributed by atoms with Crippen molar-refractivity contribution in [2.45, 2.75) is 45.4 Å². The Balaban J connectivity index is 1.68. The van der Waals surface area contributed by atoms with Crippen molar-refractivity contribution >= 4 is 33.4 Å². The van der Waals surface area contributed by atoms with Crippen LogP contribution in [0.5, 0.6) is 0 Å². The van der Waals surface area contributed by atoms with E-state index in [1.165, 1.54) is 11.3 Å². The van der Waals surface area contributed by atoms with Gasteiger partial charge < -0.3 is 10.4 Å². The first-order chi connectivity index (χ1) is 11.0. The van der Waals surface area contributed by atoms with Gasteiger partial charge in [-0.05, 0) is 25.8 Å². The van der Waals surface area contributed by atoms with Crippen LogP contribution in [0.4, 0.5) is 0 Å². The average molecular weight is 337 g/mol. The van der Waals surface area contributed by atoms with Gasteiger partial charge in [0.2, 0.25) is 0 Å². The molecule has 2 rings (SSSR count). The summed E-state index contributed by atoms with van der Waals surface area (Å²) >= 11 is 1.46. The number of nitrogens with one attached hydrogen (secondary N) is 1. The standard InChI is InChI=1S/C16H23N3O3S/c1-11-12-10-13(23-16(12)19(2)18-11)15(22)17-9-7-5-3-4-6-8-14(20)21/h10H,3-9H2,1-2H3,(H,17,22)(H,20,21). The summed E-state index contributed by atoms with van der Waals surface area (Å²) in [5.74, 6) is -0.762. The number of aromatic nitrogens is 2. The van der Waals surface area contributed by atoms with Crippen molar-refractivity contribution in [1.82, 2.24) is 15.1 Å². The van der Waals surface area contributed by atoms with Gasteiger partial charge in [-0.15, -0.1) is 11.3 Å². The third-order valence-corrected chi connectivity index (χ3v) is 4.97. The van der Waals surface area contributed by atoms with E-state index in [1.54, 1.807) is 0 Å². The van der Waals surface area contributed by atoms with Gasteiger partial charge in [-0.3, -0.25) is 14.3 Å². The lowest BCUT2D eigenvalue weighted by atomic mass is 10.1. The lowest BCUT2D eigenvalue weighted by molar-refractivity contribution is -0.137. The molecule has 0 unspecified atom stereocenters. The Labute approximate surface area is 139 Å². The van der Waals surface area contributed by atoms with Gasteiger partial charge in [-0.25, -0.2) is 0 Å². The third-order valence-electron chi connectivity index (χ3n) is 3.77. The molecule has 0 saturated heterocycles. The van der Waals surface area contributed by atoms with Gasteiger partial charge in [0, 0.05) is 25.4 Å². The van der Waals surface area contributed by atoms with Crippen molar-refractivity contribution in [2.24, 2.45) is 7.05 Å². The van der Waals surface area contributed by atoms with E-state index in [4.69, 9.17) is 5.11 Å². The largest absolute Gasteiger partial charge is 0.481 e. The summed E-state index contributed by atoms with van der Waals surface area (Å²) in [4.78, 5) is 24.3. The lowest BCUT2D eigenvalue weighted by Crippen LogP contribution is -2.23. The molecule has 0 aliphatic heterocycles. The van der Waals surface area contributed by atoms with Gasteiger partial charge in [0.1, 0.15) is 4.83 Å². The Morgan fingerprint density at radius 1 is 1.26 bits per heavy atom. The molecule has 0 bridgehead atoms. The predicted octanol–water partition coefficient (Wildman–Crippen LogP) is 3.10. The topological polar surface area (TPSA) is 84.2 Å². The van der Waals surface area contributed by atoms with Crippen LogP contribution in [0.2, 0.25) is 0 Å². The number of nitrogens with zero attached hydrogens (tertiary/aromatic N) is 2. The predicted molar refractivity (Wildman–Crippen MR) is 91.0 cm³/mol. The summed E-state index contributed by atoms with van der Waals surface area (Å²) in [6.07, 6.45) is 4.85. The van der Waals surface area contributed by atoms with E-state index in [1.807, 2.05) is 24.7 Å². The molecule has 0 atom stereocenters. The van der Waals surface area contributed by atoms with Crippen LogP contribution in [0.25, 0.3) is 10.2 Å². The molecule has 7 heteroatoms. The Kier molecular flexibility index (Phi) is 6.15. The first-order valence-electron chi connectivity index (χ1n) is 7.92. The van der Waals surface area contributed by atoms with E-state index in [2.05, 4.69) is 10.4 Å². The first kappa shape index (κ1) is 17.5. The van der Waals surface area contributed by atoms with Crippen molar-refractivity contribution in [1.29, 1.82) is 0 Å². The molecule has 0 fully saturated rings. The molecule has 1 amide bonds. The molecule has 2 aromatic heterocycles. The number of hydrogen-bond donors (Lipinski definition) is 2. The van der Waals surface area contributed by atoms with Gasteiger partial charge in [-0.1, -0.05) is 19.3 Å². The van der Waals surface area contributed by atoms with Gasteiger partial charge in [0.15, 0.2) is 0 Å². The number of rotatable bonds is 9. The number of fused-ring (bicyclic) bond motifs is 1. The van der Waals surface area contributed by atoms with E-state index in [9.17, 15) is 9.59 Å². The highest BCUT2D eigenvalue weighted by Gasteiger charge is 2.14. The summed E-state index contributed by atoms with van der Waals surface area (Å²) in [5, 5.41) is 16.9. The van der Waals surface area contributed by atoms with Crippen LogP contribution in [0.15, 0.2) is 6.07 Å². The van der Waals surface area contributed by atoms with Gasteiger partial charge in [0.25, 0.3) is 5.91 Å². The van der Waals surface area contributed by atoms with Crippen LogP contribution in [-0.4, -0.2) is 33.3 Å². The minimum Gasteiger partial charge on any atom is -0.481 e. The quantitative estimate of drug-likeness (QED) is 0.689. The molecule has 2 N–H and O–H groups in total. The maximum absolute atomic E-state index is 12.1. The Bertz CT molecular complexity index is 656. The Morgan fingerprint density at radius 2 is 1.96 bits per heavy atom. The van der Waals surface area contributed by atoms with Crippen LogP contribution in [0.3, 0.4) is 0 Å². The number of carbonyl (C=O) groups excluding carboxylic acids is 1. The molecular formula is C16H23N3O3S. The fraction of sp³-hybridized carbons (Fsp3) is 0.562. The van der Waals surface area contributed by atoms with Crippen LogP contribution >= 0.6 is 11.3 Å². The highest BCUT2D eigenvalue weighted by molar-refractivity contribution is 7.20. The number of hydrogen-bond acceptors (Lipinski definition) is 4. The lowest BCUT2D eigenvalue weighted by Gasteiger charge is -2.03. The van der Waals surface area contributed by atoms with E-state index < -0.39 is 5.97 Å². The maximum Gasteiger partial charge on any atom is 0.303 e. The number of thiophene rings is 1. The van der Waals surface area contributed by atoms with E-state index in [0.29, 0.717) is 6.54 Å². The van der Waals surface area contributed by atoms with Gasteiger partial charge in [-0.2, -0.15) is 5.10 Å². The number of carbonyl (C=O) groups is 2. The van der Waals surface area contributed by atoms with E-state index in [0.717, 1.165) is 52.9 Å². The summed E-state index contributed by atoms with van der Waals surface area (Å²) < 4.78 is 1.81. The average Bonchev–Trinajstić information content (AvgIpc) is 3.04. The number of unbranched alkanes of at least 4 members (excludes halogenated alkanes) is 4. The number of carboxylic acids is 1.